The molecule has 12 heteroatoms. The van der Waals surface area contributed by atoms with Crippen LogP contribution in [-0.2, 0) is 9.53 Å². The van der Waals surface area contributed by atoms with Crippen LogP contribution in [0.5, 0.6) is 0 Å². The van der Waals surface area contributed by atoms with E-state index >= 15 is 0 Å². The van der Waals surface area contributed by atoms with Gasteiger partial charge in [0.05, 0.1) is 0 Å². The van der Waals surface area contributed by atoms with Crippen molar-refractivity contribution < 1.29 is 49.8 Å². The van der Waals surface area contributed by atoms with Crippen molar-refractivity contribution in [2.24, 2.45) is 0 Å². The summed E-state index contributed by atoms with van der Waals surface area (Å²) in [5.74, 6) is -16.7. The molecule has 0 unspecified atom stereocenters. The number of carbonyl (C=O) groups is 1. The number of rotatable bonds is 5. The minimum absolute atomic E-state index is 1.93. The van der Waals surface area contributed by atoms with Crippen LogP contribution in [0, 0.1) is 0 Å². The van der Waals surface area contributed by atoms with E-state index in [2.05, 4.69) is 11.6 Å². The second-order valence-electron chi connectivity index (χ2n) is 2.52. The monoisotopic (exact) mass is 296 g/mol. The second kappa shape index (κ2) is 4.12. The maximum Gasteiger partial charge on any atom is 0.445 e. The Hall–Kier alpha value is -0.840. The predicted octanol–water partition coefficient (Wildman–Crippen LogP) is 2.74. The highest BCUT2D eigenvalue weighted by Crippen LogP contribution is 2.48. The molecule has 0 heterocycles. The summed E-state index contributed by atoms with van der Waals surface area (Å²) >= 11 is 3.69. The summed E-state index contributed by atoms with van der Waals surface area (Å²) in [6.07, 6.45) is -6.50. The third-order valence-corrected chi connectivity index (χ3v) is 1.35. The lowest BCUT2D eigenvalue weighted by molar-refractivity contribution is -0.435. The van der Waals surface area contributed by atoms with Crippen molar-refractivity contribution in [1.82, 2.24) is 0 Å². The Balaban J connectivity index is 5.37. The van der Waals surface area contributed by atoms with Gasteiger partial charge in [-0.05, 0) is 11.6 Å². The zero-order chi connectivity index (χ0) is 14.3. The van der Waals surface area contributed by atoms with Crippen LogP contribution in [0.2, 0.25) is 0 Å². The molecule has 102 valence electrons. The zero-order valence-corrected chi connectivity index (χ0v) is 7.92. The molecule has 0 saturated carbocycles. The average molecular weight is 296 g/mol. The number of hydrogen-bond donors (Lipinski definition) is 1. The molecule has 0 radical (unpaired) electrons. The molecule has 0 aliphatic rings. The van der Waals surface area contributed by atoms with Gasteiger partial charge in [0.15, 0.2) is 0 Å². The Kier molecular flexibility index (Phi) is 3.92. The minimum Gasteiger partial charge on any atom is -0.477 e. The Morgan fingerprint density at radius 3 is 1.59 bits per heavy atom. The van der Waals surface area contributed by atoms with Crippen LogP contribution in [-0.4, -0.2) is 34.6 Å². The fraction of sp³-hybridized carbons (Fsp3) is 0.800. The largest absolute Gasteiger partial charge is 0.477 e. The molecule has 0 aromatic carbocycles. The van der Waals surface area contributed by atoms with Gasteiger partial charge < -0.3 is 5.11 Å². The number of carboxylic acids is 1. The van der Waals surface area contributed by atoms with Crippen LogP contribution in [0.15, 0.2) is 0 Å². The first-order valence-electron chi connectivity index (χ1n) is 3.29. The molecule has 0 spiro atoms. The number of ether oxygens (including phenoxy) is 1. The van der Waals surface area contributed by atoms with Crippen molar-refractivity contribution >= 4 is 17.6 Å². The Labute approximate surface area is 91.9 Å². The van der Waals surface area contributed by atoms with E-state index in [1.165, 1.54) is 0 Å². The molecule has 0 aliphatic heterocycles. The molecule has 0 saturated heterocycles. The number of aliphatic carboxylic acids is 1. The van der Waals surface area contributed by atoms with E-state index in [0.29, 0.717) is 0 Å². The highest BCUT2D eigenvalue weighted by molar-refractivity contribution is 6.20. The van der Waals surface area contributed by atoms with E-state index in [4.69, 9.17) is 5.11 Å². The second-order valence-corrected chi connectivity index (χ2v) is 2.96. The molecule has 0 aromatic heterocycles. The Bertz CT molecular complexity index is 311. The van der Waals surface area contributed by atoms with Crippen molar-refractivity contribution in [3.05, 3.63) is 0 Å². The van der Waals surface area contributed by atoms with Gasteiger partial charge in [0.25, 0.3) is 0 Å². The van der Waals surface area contributed by atoms with Gasteiger partial charge in [0.2, 0.25) is 0 Å². The number of carboxylic acid groups (broad SMARTS) is 1. The molecule has 17 heavy (non-hydrogen) atoms. The van der Waals surface area contributed by atoms with Crippen molar-refractivity contribution in [2.45, 2.75) is 23.5 Å². The molecule has 0 amide bonds. The number of alkyl halides is 9. The van der Waals surface area contributed by atoms with E-state index in [1.807, 2.05) is 4.74 Å². The Morgan fingerprint density at radius 2 is 1.35 bits per heavy atom. The van der Waals surface area contributed by atoms with Crippen molar-refractivity contribution in [2.75, 3.05) is 0 Å². The topological polar surface area (TPSA) is 46.5 Å². The van der Waals surface area contributed by atoms with Gasteiger partial charge in [-0.3, -0.25) is 0 Å². The molecule has 0 rings (SSSR count). The molecule has 0 atom stereocenters. The van der Waals surface area contributed by atoms with E-state index in [-0.39, 0.29) is 0 Å². The van der Waals surface area contributed by atoms with Gasteiger partial charge in [-0.2, -0.15) is 35.1 Å². The fourth-order valence-corrected chi connectivity index (χ4v) is 0.623. The van der Waals surface area contributed by atoms with Crippen LogP contribution in [0.3, 0.4) is 0 Å². The summed E-state index contributed by atoms with van der Waals surface area (Å²) in [6.45, 7) is 0. The van der Waals surface area contributed by atoms with Gasteiger partial charge >= 0.3 is 29.5 Å². The molecule has 1 N–H and O–H groups in total. The lowest BCUT2D eigenvalue weighted by Crippen LogP contribution is -2.60. The molecule has 0 aliphatic carbocycles. The number of halogens is 9. The van der Waals surface area contributed by atoms with E-state index < -0.39 is 29.5 Å². The van der Waals surface area contributed by atoms with Crippen LogP contribution in [0.1, 0.15) is 0 Å². The lowest BCUT2D eigenvalue weighted by atomic mass is 10.1. The normalized spacial score (nSPS) is 14.9. The first kappa shape index (κ1) is 16.2. The molecular formula is C5HClF8O3. The zero-order valence-electron chi connectivity index (χ0n) is 7.17. The first-order chi connectivity index (χ1) is 7.15. The molecular weight excluding hydrogens is 295 g/mol. The smallest absolute Gasteiger partial charge is 0.445 e. The predicted molar refractivity (Wildman–Crippen MR) is 34.4 cm³/mol. The third kappa shape index (κ3) is 3.09. The first-order valence-corrected chi connectivity index (χ1v) is 3.66. The van der Waals surface area contributed by atoms with E-state index in [0.717, 1.165) is 0 Å². The number of hydrogen-bond acceptors (Lipinski definition) is 2. The lowest BCUT2D eigenvalue weighted by Gasteiger charge is -2.30. The van der Waals surface area contributed by atoms with Crippen molar-refractivity contribution in [3.8, 4) is 0 Å². The van der Waals surface area contributed by atoms with E-state index in [9.17, 15) is 39.9 Å². The fourth-order valence-electron chi connectivity index (χ4n) is 0.527. The summed E-state index contributed by atoms with van der Waals surface area (Å²) in [6, 6.07) is 0. The summed E-state index contributed by atoms with van der Waals surface area (Å²) in [4.78, 5) is 9.64. The van der Waals surface area contributed by atoms with Gasteiger partial charge in [-0.1, -0.05) is 0 Å². The summed E-state index contributed by atoms with van der Waals surface area (Å²) in [5, 5.41) is 7.60. The van der Waals surface area contributed by atoms with Gasteiger partial charge in [-0.15, -0.1) is 0 Å². The van der Waals surface area contributed by atoms with Crippen LogP contribution < -0.4 is 0 Å². The van der Waals surface area contributed by atoms with Gasteiger partial charge in [-0.25, -0.2) is 9.53 Å². The summed E-state index contributed by atoms with van der Waals surface area (Å²) in [7, 11) is 0. The minimum atomic E-state index is -6.73. The van der Waals surface area contributed by atoms with Gasteiger partial charge in [0, 0.05) is 0 Å². The molecule has 0 bridgehead atoms. The van der Waals surface area contributed by atoms with Crippen molar-refractivity contribution in [1.29, 1.82) is 0 Å². The SMILES string of the molecule is O=C(O)C(F)(F)C(F)(F)C(F)(F)OC(F)(F)Cl. The maximum atomic E-state index is 12.4. The third-order valence-electron chi connectivity index (χ3n) is 1.27. The van der Waals surface area contributed by atoms with Crippen LogP contribution in [0.25, 0.3) is 0 Å². The molecule has 0 aromatic rings. The molecule has 3 nitrogen and oxygen atoms in total. The summed E-state index contributed by atoms with van der Waals surface area (Å²) in [5.41, 5.74) is -5.39. The van der Waals surface area contributed by atoms with E-state index in [1.54, 1.807) is 0 Å². The highest BCUT2D eigenvalue weighted by atomic mass is 35.5. The van der Waals surface area contributed by atoms with Crippen molar-refractivity contribution in [3.63, 3.8) is 0 Å². The van der Waals surface area contributed by atoms with Gasteiger partial charge in [0.1, 0.15) is 0 Å². The highest BCUT2D eigenvalue weighted by Gasteiger charge is 2.78. The average Bonchev–Trinajstić information content (AvgIpc) is 1.98. The summed E-state index contributed by atoms with van der Waals surface area (Å²) < 4.78 is 98.9. The van der Waals surface area contributed by atoms with Crippen LogP contribution in [0.4, 0.5) is 35.1 Å². The maximum absolute atomic E-state index is 12.4. The Morgan fingerprint density at radius 1 is 1.00 bits per heavy atom. The standard InChI is InChI=1S/C5HClF8O3/c6-5(13,14)17-4(11,12)3(9,10)2(7,8)1(15)16/h(H,15,16). The molecule has 0 fully saturated rings. The van der Waals surface area contributed by atoms with Crippen LogP contribution >= 0.6 is 11.6 Å². The quantitative estimate of drug-likeness (QED) is 0.627.